The molecule has 0 aliphatic heterocycles. The summed E-state index contributed by atoms with van der Waals surface area (Å²) in [7, 11) is -2.53. The van der Waals surface area contributed by atoms with Crippen molar-refractivity contribution in [3.05, 3.63) is 65.5 Å². The number of unbranched alkanes of at least 4 members (excludes halogenated alkanes) is 1. The van der Waals surface area contributed by atoms with E-state index >= 15 is 0 Å². The van der Waals surface area contributed by atoms with Gasteiger partial charge in [-0.3, -0.25) is 0 Å². The van der Waals surface area contributed by atoms with Gasteiger partial charge in [-0.15, -0.1) is 21.2 Å². The Bertz CT molecular complexity index is 789. The maximum Gasteiger partial charge on any atom is 0.694 e. The molecule has 0 saturated carbocycles. The first kappa shape index (κ1) is 25.0. The molecule has 2 N–H and O–H groups in total. The van der Waals surface area contributed by atoms with E-state index in [2.05, 4.69) is 48.0 Å². The molecule has 4 nitrogen and oxygen atoms in total. The molecule has 0 bridgehead atoms. The average Bonchev–Trinajstić information content (AvgIpc) is 2.72. The molecule has 0 aliphatic rings. The van der Waals surface area contributed by atoms with Crippen molar-refractivity contribution in [2.45, 2.75) is 56.4 Å². The lowest BCUT2D eigenvalue weighted by atomic mass is 9.80. The van der Waals surface area contributed by atoms with E-state index in [0.717, 1.165) is 30.6 Å². The van der Waals surface area contributed by atoms with Crippen molar-refractivity contribution < 1.29 is 18.4 Å². The Morgan fingerprint density at radius 1 is 1.13 bits per heavy atom. The van der Waals surface area contributed by atoms with E-state index in [1.807, 2.05) is 18.2 Å². The molecule has 0 spiro atoms. The van der Waals surface area contributed by atoms with Crippen molar-refractivity contribution in [2.75, 3.05) is 18.9 Å². The minimum atomic E-state index is -2.53. The molecule has 0 radical (unpaired) electrons. The zero-order valence-corrected chi connectivity index (χ0v) is 19.5. The van der Waals surface area contributed by atoms with Gasteiger partial charge >= 0.3 is 8.25 Å². The lowest BCUT2D eigenvalue weighted by Crippen LogP contribution is -2.16. The van der Waals surface area contributed by atoms with Crippen LogP contribution < -0.4 is 5.32 Å². The molecule has 30 heavy (non-hydrogen) atoms. The third-order valence-corrected chi connectivity index (χ3v) is 6.57. The zero-order chi connectivity index (χ0) is 21.8. The summed E-state index contributed by atoms with van der Waals surface area (Å²) in [4.78, 5) is 9.24. The SMILES string of the molecule is CC(C)(CCCCSc1ccc(CNCCCO[P+](=O)O)cc1F)c1ccccc1. The number of hydrogen-bond acceptors (Lipinski definition) is 4. The minimum absolute atomic E-state index is 0.160. The number of thioether (sulfide) groups is 1. The quantitative estimate of drug-likeness (QED) is 0.203. The van der Waals surface area contributed by atoms with Gasteiger partial charge in [0.1, 0.15) is 12.4 Å². The number of rotatable bonds is 14. The molecule has 1 unspecified atom stereocenters. The predicted octanol–water partition coefficient (Wildman–Crippen LogP) is 6.21. The fourth-order valence-corrected chi connectivity index (χ4v) is 4.44. The highest BCUT2D eigenvalue weighted by molar-refractivity contribution is 7.99. The molecular formula is C23H32FNO3PS+. The maximum atomic E-state index is 14.4. The first-order chi connectivity index (χ1) is 14.4. The molecule has 0 fully saturated rings. The minimum Gasteiger partial charge on any atom is -0.313 e. The monoisotopic (exact) mass is 452 g/mol. The number of nitrogens with one attached hydrogen (secondary N) is 1. The highest BCUT2D eigenvalue weighted by Crippen LogP contribution is 2.30. The van der Waals surface area contributed by atoms with Gasteiger partial charge in [0.15, 0.2) is 0 Å². The van der Waals surface area contributed by atoms with Crippen LogP contribution in [0.5, 0.6) is 0 Å². The topological polar surface area (TPSA) is 58.6 Å². The Morgan fingerprint density at radius 2 is 1.90 bits per heavy atom. The Kier molecular flexibility index (Phi) is 11.0. The maximum absolute atomic E-state index is 14.4. The second kappa shape index (κ2) is 13.2. The van der Waals surface area contributed by atoms with Gasteiger partial charge in [0.05, 0.1) is 0 Å². The Morgan fingerprint density at radius 3 is 2.60 bits per heavy atom. The summed E-state index contributed by atoms with van der Waals surface area (Å²) < 4.78 is 29.3. The summed E-state index contributed by atoms with van der Waals surface area (Å²) in [6, 6.07) is 16.0. The zero-order valence-electron chi connectivity index (χ0n) is 17.8. The van der Waals surface area contributed by atoms with Crippen LogP contribution in [-0.2, 0) is 21.0 Å². The van der Waals surface area contributed by atoms with E-state index in [4.69, 9.17) is 4.89 Å². The first-order valence-electron chi connectivity index (χ1n) is 10.3. The molecule has 0 aliphatic carbocycles. The third-order valence-electron chi connectivity index (χ3n) is 5.03. The highest BCUT2D eigenvalue weighted by atomic mass is 32.2. The Balaban J connectivity index is 1.65. The summed E-state index contributed by atoms with van der Waals surface area (Å²) in [5.74, 6) is 0.733. The van der Waals surface area contributed by atoms with E-state index in [9.17, 15) is 8.96 Å². The lowest BCUT2D eigenvalue weighted by Gasteiger charge is -2.25. The molecule has 164 valence electrons. The van der Waals surface area contributed by atoms with Crippen LogP contribution in [0, 0.1) is 5.82 Å². The van der Waals surface area contributed by atoms with Gasteiger partial charge in [-0.2, -0.15) is 0 Å². The van der Waals surface area contributed by atoms with Gasteiger partial charge in [0.25, 0.3) is 0 Å². The van der Waals surface area contributed by atoms with E-state index in [1.165, 1.54) is 5.56 Å². The molecule has 2 aromatic carbocycles. The lowest BCUT2D eigenvalue weighted by molar-refractivity contribution is 0.276. The summed E-state index contributed by atoms with van der Waals surface area (Å²) in [6.45, 7) is 5.99. The summed E-state index contributed by atoms with van der Waals surface area (Å²) in [5.41, 5.74) is 2.41. The largest absolute Gasteiger partial charge is 0.694 e. The molecule has 7 heteroatoms. The summed E-state index contributed by atoms with van der Waals surface area (Å²) in [6.07, 6.45) is 3.92. The van der Waals surface area contributed by atoms with Crippen LogP contribution in [0.4, 0.5) is 4.39 Å². The predicted molar refractivity (Wildman–Crippen MR) is 123 cm³/mol. The molecule has 0 saturated heterocycles. The number of halogens is 1. The summed E-state index contributed by atoms with van der Waals surface area (Å²) in [5, 5.41) is 3.18. The van der Waals surface area contributed by atoms with Crippen molar-refractivity contribution >= 4 is 20.0 Å². The van der Waals surface area contributed by atoms with Crippen LogP contribution >= 0.6 is 20.0 Å². The van der Waals surface area contributed by atoms with Crippen LogP contribution in [0.15, 0.2) is 53.4 Å². The Hall–Kier alpha value is -1.30. The van der Waals surface area contributed by atoms with Gasteiger partial charge < -0.3 is 5.32 Å². The van der Waals surface area contributed by atoms with E-state index in [-0.39, 0.29) is 17.8 Å². The van der Waals surface area contributed by atoms with E-state index in [0.29, 0.717) is 24.4 Å². The van der Waals surface area contributed by atoms with Crippen molar-refractivity contribution in [2.24, 2.45) is 0 Å². The van der Waals surface area contributed by atoms with Crippen LogP contribution in [-0.4, -0.2) is 23.8 Å². The molecule has 0 amide bonds. The van der Waals surface area contributed by atoms with Crippen molar-refractivity contribution in [3.8, 4) is 0 Å². The molecule has 0 heterocycles. The molecular weight excluding hydrogens is 420 g/mol. The van der Waals surface area contributed by atoms with Crippen LogP contribution in [0.2, 0.25) is 0 Å². The van der Waals surface area contributed by atoms with E-state index in [1.54, 1.807) is 17.8 Å². The fourth-order valence-electron chi connectivity index (χ4n) is 3.23. The number of benzene rings is 2. The normalized spacial score (nSPS) is 12.2. The van der Waals surface area contributed by atoms with Gasteiger partial charge in [-0.25, -0.2) is 4.39 Å². The average molecular weight is 453 g/mol. The second-order valence-electron chi connectivity index (χ2n) is 7.92. The van der Waals surface area contributed by atoms with Gasteiger partial charge in [0, 0.05) is 16.0 Å². The van der Waals surface area contributed by atoms with Crippen LogP contribution in [0.25, 0.3) is 0 Å². The van der Waals surface area contributed by atoms with Crippen molar-refractivity contribution in [3.63, 3.8) is 0 Å². The smallest absolute Gasteiger partial charge is 0.313 e. The fraction of sp³-hybridized carbons (Fsp3) is 0.478. The van der Waals surface area contributed by atoms with Crippen molar-refractivity contribution in [1.29, 1.82) is 0 Å². The Labute approximate surface area is 184 Å². The number of hydrogen-bond donors (Lipinski definition) is 2. The third kappa shape index (κ3) is 9.23. The van der Waals surface area contributed by atoms with Crippen molar-refractivity contribution in [1.82, 2.24) is 5.32 Å². The standard InChI is InChI=1S/C23H31FNO3PS/c1-23(2,20-9-4-3-5-10-20)13-6-7-16-30-22-12-11-19(17-21(22)24)18-25-14-8-15-28-29(26)27/h3-5,9-12,17,25H,6-8,13-16,18H2,1-2H3/p+1. The van der Waals surface area contributed by atoms with Crippen LogP contribution in [0.1, 0.15) is 50.7 Å². The second-order valence-corrected chi connectivity index (χ2v) is 9.79. The molecule has 1 atom stereocenters. The van der Waals surface area contributed by atoms with Gasteiger partial charge in [0.2, 0.25) is 0 Å². The molecule has 2 rings (SSSR count). The molecule has 0 aromatic heterocycles. The molecule has 2 aromatic rings. The highest BCUT2D eigenvalue weighted by Gasteiger charge is 2.19. The summed E-state index contributed by atoms with van der Waals surface area (Å²) >= 11 is 1.58. The van der Waals surface area contributed by atoms with Crippen LogP contribution in [0.3, 0.4) is 0 Å². The van der Waals surface area contributed by atoms with E-state index < -0.39 is 8.25 Å². The first-order valence-corrected chi connectivity index (χ1v) is 12.5. The van der Waals surface area contributed by atoms with Gasteiger partial charge in [-0.1, -0.05) is 56.7 Å². The van der Waals surface area contributed by atoms with Gasteiger partial charge in [-0.05, 0) is 60.2 Å².